The number of halogens is 2. The van der Waals surface area contributed by atoms with E-state index in [0.29, 0.717) is 6.54 Å². The van der Waals surface area contributed by atoms with Crippen LogP contribution in [-0.4, -0.2) is 37.0 Å². The molecule has 1 spiro atoms. The van der Waals surface area contributed by atoms with Crippen LogP contribution in [0.15, 0.2) is 49.1 Å². The monoisotopic (exact) mass is 396 g/mol. The summed E-state index contributed by atoms with van der Waals surface area (Å²) in [6, 6.07) is 9.67. The summed E-state index contributed by atoms with van der Waals surface area (Å²) in [5.74, 6) is -2.23. The highest BCUT2D eigenvalue weighted by Crippen LogP contribution is 2.48. The fourth-order valence-electron chi connectivity index (χ4n) is 4.71. The van der Waals surface area contributed by atoms with Gasteiger partial charge in [0.2, 0.25) is 0 Å². The van der Waals surface area contributed by atoms with Crippen molar-refractivity contribution < 1.29 is 13.6 Å². The first-order chi connectivity index (χ1) is 13.9. The van der Waals surface area contributed by atoms with Crippen LogP contribution in [0.25, 0.3) is 0 Å². The van der Waals surface area contributed by atoms with Gasteiger partial charge in [-0.05, 0) is 68.6 Å². The Labute approximate surface area is 170 Å². The van der Waals surface area contributed by atoms with E-state index in [0.717, 1.165) is 67.8 Å². The van der Waals surface area contributed by atoms with Crippen LogP contribution in [0.2, 0.25) is 0 Å². The lowest BCUT2D eigenvalue weighted by atomic mass is 9.74. The number of carbonyl (C=O) groups excluding carboxylic acids is 1. The number of rotatable bonds is 4. The predicted molar refractivity (Wildman–Crippen MR) is 111 cm³/mol. The summed E-state index contributed by atoms with van der Waals surface area (Å²) < 4.78 is 28.6. The zero-order chi connectivity index (χ0) is 20.6. The fourth-order valence-corrected chi connectivity index (χ4v) is 4.71. The van der Waals surface area contributed by atoms with Gasteiger partial charge in [0.15, 0.2) is 0 Å². The van der Waals surface area contributed by atoms with Crippen molar-refractivity contribution in [2.45, 2.75) is 31.6 Å². The number of hydrogen-bond donors (Lipinski definition) is 0. The van der Waals surface area contributed by atoms with E-state index >= 15 is 0 Å². The maximum absolute atomic E-state index is 14.3. The molecule has 0 saturated carbocycles. The average molecular weight is 396 g/mol. The first kappa shape index (κ1) is 19.8. The highest BCUT2D eigenvalue weighted by atomic mass is 19.1. The number of nitrogens with zero attached hydrogens (tertiary/aromatic N) is 2. The van der Waals surface area contributed by atoms with Crippen LogP contribution in [0, 0.1) is 18.6 Å². The van der Waals surface area contributed by atoms with E-state index in [9.17, 15) is 13.6 Å². The Morgan fingerprint density at radius 2 is 1.86 bits per heavy atom. The molecule has 1 fully saturated rings. The Kier molecular flexibility index (Phi) is 5.26. The van der Waals surface area contributed by atoms with Gasteiger partial charge in [-0.2, -0.15) is 0 Å². The minimum atomic E-state index is -0.815. The quantitative estimate of drug-likeness (QED) is 0.690. The number of fused-ring (bicyclic) bond motifs is 2. The third-order valence-electron chi connectivity index (χ3n) is 6.36. The van der Waals surface area contributed by atoms with Gasteiger partial charge in [-0.3, -0.25) is 4.79 Å². The summed E-state index contributed by atoms with van der Waals surface area (Å²) in [5, 5.41) is 0. The van der Waals surface area contributed by atoms with Gasteiger partial charge in [-0.15, -0.1) is 6.58 Å². The predicted octanol–water partition coefficient (Wildman–Crippen LogP) is 4.84. The Balaban J connectivity index is 1.67. The fraction of sp³-hybridized carbons (Fsp3) is 0.375. The van der Waals surface area contributed by atoms with Gasteiger partial charge in [-0.25, -0.2) is 8.78 Å². The number of carbonyl (C=O) groups is 1. The van der Waals surface area contributed by atoms with Crippen molar-refractivity contribution in [3.05, 3.63) is 77.4 Å². The molecule has 0 aromatic heterocycles. The molecular weight excluding hydrogens is 370 g/mol. The van der Waals surface area contributed by atoms with E-state index in [-0.39, 0.29) is 5.41 Å². The maximum Gasteiger partial charge on any atom is 0.264 e. The Bertz CT molecular complexity index is 928. The number of hydrogen-bond acceptors (Lipinski definition) is 2. The van der Waals surface area contributed by atoms with Crippen molar-refractivity contribution in [3.63, 3.8) is 0 Å². The molecule has 1 amide bonds. The van der Waals surface area contributed by atoms with Gasteiger partial charge < -0.3 is 9.80 Å². The third kappa shape index (κ3) is 3.48. The summed E-state index contributed by atoms with van der Waals surface area (Å²) in [4.78, 5) is 17.2. The second kappa shape index (κ2) is 7.71. The lowest BCUT2D eigenvalue weighted by Gasteiger charge is -2.39. The van der Waals surface area contributed by atoms with Crippen molar-refractivity contribution in [2.24, 2.45) is 0 Å². The van der Waals surface area contributed by atoms with Gasteiger partial charge >= 0.3 is 0 Å². The molecule has 0 radical (unpaired) electrons. The number of piperidine rings is 1. The van der Waals surface area contributed by atoms with Crippen LogP contribution in [-0.2, 0) is 5.41 Å². The molecule has 4 rings (SSSR count). The zero-order valence-electron chi connectivity index (χ0n) is 16.8. The molecule has 0 N–H and O–H groups in total. The first-order valence-electron chi connectivity index (χ1n) is 10.2. The van der Waals surface area contributed by atoms with Gasteiger partial charge in [0.05, 0.1) is 0 Å². The van der Waals surface area contributed by atoms with Crippen LogP contribution < -0.4 is 4.90 Å². The SMILES string of the molecule is C=CCCN1CCC2(CC1)CN(C(=O)c1c(F)cccc1F)c1cc(C)ccc12. The molecule has 2 aliphatic rings. The standard InChI is InChI=1S/C24H26F2N2O/c1-3-4-12-27-13-10-24(11-14-27)16-28(21-15-17(2)8-9-18(21)24)23(29)22-19(25)6-5-7-20(22)26/h3,5-9,15H,1,4,10-14,16H2,2H3. The average Bonchev–Trinajstić information content (AvgIpc) is 3.01. The summed E-state index contributed by atoms with van der Waals surface area (Å²) in [7, 11) is 0. The van der Waals surface area contributed by atoms with Crippen LogP contribution >= 0.6 is 0 Å². The first-order valence-corrected chi connectivity index (χ1v) is 10.2. The molecule has 2 aromatic carbocycles. The number of aryl methyl sites for hydroxylation is 1. The molecule has 1 saturated heterocycles. The molecule has 2 aliphatic heterocycles. The van der Waals surface area contributed by atoms with E-state index in [1.807, 2.05) is 19.1 Å². The third-order valence-corrected chi connectivity index (χ3v) is 6.36. The van der Waals surface area contributed by atoms with Gasteiger partial charge in [0, 0.05) is 24.2 Å². The number of amides is 1. The van der Waals surface area contributed by atoms with Crippen molar-refractivity contribution in [1.29, 1.82) is 0 Å². The molecule has 0 unspecified atom stereocenters. The zero-order valence-corrected chi connectivity index (χ0v) is 16.8. The summed E-state index contributed by atoms with van der Waals surface area (Å²) >= 11 is 0. The maximum atomic E-state index is 14.3. The second-order valence-corrected chi connectivity index (χ2v) is 8.21. The van der Waals surface area contributed by atoms with E-state index < -0.39 is 23.1 Å². The van der Waals surface area contributed by atoms with Crippen LogP contribution in [0.5, 0.6) is 0 Å². The van der Waals surface area contributed by atoms with Crippen molar-refractivity contribution >= 4 is 11.6 Å². The molecule has 29 heavy (non-hydrogen) atoms. The smallest absolute Gasteiger partial charge is 0.264 e. The number of likely N-dealkylation sites (tertiary alicyclic amines) is 1. The largest absolute Gasteiger partial charge is 0.307 e. The van der Waals surface area contributed by atoms with Crippen molar-refractivity contribution in [1.82, 2.24) is 4.90 Å². The van der Waals surface area contributed by atoms with E-state index in [4.69, 9.17) is 0 Å². The lowest BCUT2D eigenvalue weighted by molar-refractivity contribution is 0.0968. The minimum absolute atomic E-state index is 0.162. The normalized spacial score (nSPS) is 18.1. The van der Waals surface area contributed by atoms with Crippen LogP contribution in [0.1, 0.15) is 40.7 Å². The summed E-state index contributed by atoms with van der Waals surface area (Å²) in [6.07, 6.45) is 4.73. The Morgan fingerprint density at radius 1 is 1.17 bits per heavy atom. The lowest BCUT2D eigenvalue weighted by Crippen LogP contribution is -2.46. The Morgan fingerprint density at radius 3 is 2.52 bits per heavy atom. The second-order valence-electron chi connectivity index (χ2n) is 8.21. The van der Waals surface area contributed by atoms with Crippen LogP contribution in [0.3, 0.4) is 0 Å². The van der Waals surface area contributed by atoms with E-state index in [2.05, 4.69) is 23.6 Å². The molecule has 5 heteroatoms. The Hall–Kier alpha value is -2.53. The molecule has 152 valence electrons. The molecule has 2 heterocycles. The van der Waals surface area contributed by atoms with E-state index in [1.165, 1.54) is 6.07 Å². The molecular formula is C24H26F2N2O. The molecule has 3 nitrogen and oxygen atoms in total. The summed E-state index contributed by atoms with van der Waals surface area (Å²) in [5.41, 5.74) is 2.30. The van der Waals surface area contributed by atoms with E-state index in [1.54, 1.807) is 4.90 Å². The van der Waals surface area contributed by atoms with Crippen molar-refractivity contribution in [2.75, 3.05) is 31.1 Å². The molecule has 2 aromatic rings. The molecule has 0 atom stereocenters. The van der Waals surface area contributed by atoms with Gasteiger partial charge in [0.1, 0.15) is 17.2 Å². The molecule has 0 bridgehead atoms. The molecule has 0 aliphatic carbocycles. The van der Waals surface area contributed by atoms with Gasteiger partial charge in [0.25, 0.3) is 5.91 Å². The van der Waals surface area contributed by atoms with Gasteiger partial charge in [-0.1, -0.05) is 24.3 Å². The topological polar surface area (TPSA) is 23.6 Å². The van der Waals surface area contributed by atoms with Crippen LogP contribution in [0.4, 0.5) is 14.5 Å². The summed E-state index contributed by atoms with van der Waals surface area (Å²) in [6.45, 7) is 9.10. The van der Waals surface area contributed by atoms with Crippen molar-refractivity contribution in [3.8, 4) is 0 Å². The highest BCUT2D eigenvalue weighted by molar-refractivity contribution is 6.08. The highest BCUT2D eigenvalue weighted by Gasteiger charge is 2.46. The minimum Gasteiger partial charge on any atom is -0.307 e. The number of anilines is 1. The number of benzene rings is 2.